The van der Waals surface area contributed by atoms with Gasteiger partial charge in [-0.15, -0.1) is 0 Å². The van der Waals surface area contributed by atoms with Crippen LogP contribution in [0.15, 0.2) is 24.3 Å². The second-order valence-corrected chi connectivity index (χ2v) is 2.70. The number of halogens is 1. The van der Waals surface area contributed by atoms with Gasteiger partial charge in [-0.3, -0.25) is 9.59 Å². The van der Waals surface area contributed by atoms with Gasteiger partial charge in [-0.25, -0.2) is 9.29 Å². The summed E-state index contributed by atoms with van der Waals surface area (Å²) in [6.45, 7) is -1.06. The first-order valence-electron chi connectivity index (χ1n) is 3.77. The maximum absolute atomic E-state index is 12.2. The smallest absolute Gasteiger partial charge is 0.263 e. The Balaban J connectivity index is 2.57. The number of nitrogens with zero attached hydrogens (tertiary/aromatic N) is 1. The molecule has 1 aromatic rings. The van der Waals surface area contributed by atoms with E-state index in [2.05, 4.69) is 0 Å². The Hall–Kier alpha value is -1.71. The molecule has 66 valence electrons. The molecule has 0 saturated heterocycles. The topological polar surface area (TPSA) is 37.4 Å². The lowest BCUT2D eigenvalue weighted by atomic mass is 10.1. The summed E-state index contributed by atoms with van der Waals surface area (Å²) in [5, 5.41) is 0. The fraction of sp³-hybridized carbons (Fsp3) is 0.111. The summed E-state index contributed by atoms with van der Waals surface area (Å²) in [6, 6.07) is 6.33. The molecule has 0 saturated carbocycles. The number of rotatable bonds is 1. The van der Waals surface area contributed by atoms with E-state index < -0.39 is 18.6 Å². The minimum absolute atomic E-state index is 0.283. The van der Waals surface area contributed by atoms with Crippen LogP contribution in [-0.4, -0.2) is 23.5 Å². The van der Waals surface area contributed by atoms with Crippen molar-refractivity contribution in [2.75, 3.05) is 6.80 Å². The fourth-order valence-corrected chi connectivity index (χ4v) is 1.35. The molecule has 1 heterocycles. The molecule has 0 aliphatic carbocycles. The van der Waals surface area contributed by atoms with Crippen LogP contribution in [0.1, 0.15) is 20.7 Å². The van der Waals surface area contributed by atoms with Crippen LogP contribution in [0, 0.1) is 0 Å². The molecule has 1 aliphatic heterocycles. The van der Waals surface area contributed by atoms with Crippen LogP contribution in [0.3, 0.4) is 0 Å². The quantitative estimate of drug-likeness (QED) is 0.480. The molecule has 0 bridgehead atoms. The molecule has 1 aliphatic rings. The van der Waals surface area contributed by atoms with Gasteiger partial charge < -0.3 is 0 Å². The molecule has 0 unspecified atom stereocenters. The van der Waals surface area contributed by atoms with Crippen LogP contribution >= 0.6 is 0 Å². The molecule has 1 aromatic carbocycles. The number of hydrogen-bond donors (Lipinski definition) is 0. The summed E-state index contributed by atoms with van der Waals surface area (Å²) in [7, 11) is 0. The van der Waals surface area contributed by atoms with E-state index in [1.54, 1.807) is 12.1 Å². The van der Waals surface area contributed by atoms with Gasteiger partial charge in [-0.2, -0.15) is 0 Å². The normalized spacial score (nSPS) is 15.0. The Bertz CT molecular complexity index is 354. The van der Waals surface area contributed by atoms with E-state index in [1.807, 2.05) is 0 Å². The molecule has 0 atom stereocenters. The third-order valence-electron chi connectivity index (χ3n) is 2.00. The molecule has 2 amide bonds. The van der Waals surface area contributed by atoms with Gasteiger partial charge in [0.05, 0.1) is 11.1 Å². The summed E-state index contributed by atoms with van der Waals surface area (Å²) >= 11 is 0. The van der Waals surface area contributed by atoms with Gasteiger partial charge in [-0.1, -0.05) is 12.1 Å². The SMILES string of the molecule is O=C1c2ccccc2C(=O)N1CF. The van der Waals surface area contributed by atoms with Crippen molar-refractivity contribution in [2.24, 2.45) is 0 Å². The van der Waals surface area contributed by atoms with Crippen LogP contribution in [0.4, 0.5) is 4.39 Å². The van der Waals surface area contributed by atoms with Crippen LogP contribution in [0.5, 0.6) is 0 Å². The molecule has 0 spiro atoms. The van der Waals surface area contributed by atoms with E-state index in [-0.39, 0.29) is 11.1 Å². The van der Waals surface area contributed by atoms with Crippen LogP contribution in [0.25, 0.3) is 0 Å². The average Bonchev–Trinajstić information content (AvgIpc) is 2.41. The first kappa shape index (κ1) is 7.91. The number of imide groups is 1. The van der Waals surface area contributed by atoms with E-state index in [4.69, 9.17) is 0 Å². The average molecular weight is 179 g/mol. The van der Waals surface area contributed by atoms with Gasteiger partial charge in [0.1, 0.15) is 0 Å². The third-order valence-corrected chi connectivity index (χ3v) is 2.00. The van der Waals surface area contributed by atoms with Crippen molar-refractivity contribution in [3.05, 3.63) is 35.4 Å². The van der Waals surface area contributed by atoms with Crippen LogP contribution < -0.4 is 0 Å². The number of fused-ring (bicyclic) bond motifs is 1. The Morgan fingerprint density at radius 1 is 1.08 bits per heavy atom. The number of benzene rings is 1. The van der Waals surface area contributed by atoms with Crippen LogP contribution in [0.2, 0.25) is 0 Å². The molecule has 3 nitrogen and oxygen atoms in total. The second kappa shape index (κ2) is 2.65. The molecule has 0 aromatic heterocycles. The number of alkyl halides is 1. The van der Waals surface area contributed by atoms with E-state index in [1.165, 1.54) is 12.1 Å². The highest BCUT2D eigenvalue weighted by atomic mass is 19.1. The van der Waals surface area contributed by atoms with E-state index in [9.17, 15) is 14.0 Å². The summed E-state index contributed by atoms with van der Waals surface area (Å²) in [4.78, 5) is 23.2. The third kappa shape index (κ3) is 0.950. The van der Waals surface area contributed by atoms with E-state index in [0.717, 1.165) is 0 Å². The first-order valence-corrected chi connectivity index (χ1v) is 3.77. The van der Waals surface area contributed by atoms with Crippen molar-refractivity contribution in [3.8, 4) is 0 Å². The van der Waals surface area contributed by atoms with Crippen molar-refractivity contribution >= 4 is 11.8 Å². The maximum Gasteiger partial charge on any atom is 0.263 e. The van der Waals surface area contributed by atoms with Gasteiger partial charge in [0.25, 0.3) is 11.8 Å². The highest BCUT2D eigenvalue weighted by Crippen LogP contribution is 2.21. The lowest BCUT2D eigenvalue weighted by Crippen LogP contribution is -2.28. The molecular weight excluding hydrogens is 173 g/mol. The molecular formula is C9H6FNO2. The largest absolute Gasteiger partial charge is 0.268 e. The van der Waals surface area contributed by atoms with Crippen molar-refractivity contribution in [1.82, 2.24) is 4.90 Å². The van der Waals surface area contributed by atoms with Crippen molar-refractivity contribution in [1.29, 1.82) is 0 Å². The summed E-state index contributed by atoms with van der Waals surface area (Å²) in [5.41, 5.74) is 0.565. The van der Waals surface area contributed by atoms with Crippen molar-refractivity contribution in [2.45, 2.75) is 0 Å². The van der Waals surface area contributed by atoms with Gasteiger partial charge in [0, 0.05) is 0 Å². The maximum atomic E-state index is 12.2. The molecule has 4 heteroatoms. The zero-order valence-corrected chi connectivity index (χ0v) is 6.66. The number of hydrogen-bond acceptors (Lipinski definition) is 2. The second-order valence-electron chi connectivity index (χ2n) is 2.70. The molecule has 0 radical (unpaired) electrons. The Kier molecular flexibility index (Phi) is 1.62. The van der Waals surface area contributed by atoms with Gasteiger partial charge >= 0.3 is 0 Å². The standard InChI is InChI=1S/C9H6FNO2/c10-5-11-8(12)6-3-1-2-4-7(6)9(11)13/h1-4H,5H2. The predicted octanol–water partition coefficient (Wildman–Crippen LogP) is 1.21. The predicted molar refractivity (Wildman–Crippen MR) is 42.9 cm³/mol. The van der Waals surface area contributed by atoms with Gasteiger partial charge in [-0.05, 0) is 12.1 Å². The molecule has 0 fully saturated rings. The fourth-order valence-electron chi connectivity index (χ4n) is 1.35. The van der Waals surface area contributed by atoms with E-state index in [0.29, 0.717) is 4.90 Å². The monoisotopic (exact) mass is 179 g/mol. The number of carbonyl (C=O) groups excluding carboxylic acids is 2. The summed E-state index contributed by atoms with van der Waals surface area (Å²) in [6.07, 6.45) is 0. The lowest BCUT2D eigenvalue weighted by molar-refractivity contribution is 0.0588. The number of amides is 2. The van der Waals surface area contributed by atoms with Crippen molar-refractivity contribution < 1.29 is 14.0 Å². The Labute approximate surface area is 73.8 Å². The van der Waals surface area contributed by atoms with E-state index >= 15 is 0 Å². The molecule has 2 rings (SSSR count). The zero-order valence-electron chi connectivity index (χ0n) is 6.66. The van der Waals surface area contributed by atoms with Crippen LogP contribution in [-0.2, 0) is 0 Å². The number of carbonyl (C=O) groups is 2. The van der Waals surface area contributed by atoms with Gasteiger partial charge in [0.15, 0.2) is 6.80 Å². The molecule has 0 N–H and O–H groups in total. The Morgan fingerprint density at radius 3 is 1.92 bits per heavy atom. The highest BCUT2D eigenvalue weighted by molar-refractivity contribution is 6.21. The summed E-state index contributed by atoms with van der Waals surface area (Å²) < 4.78 is 12.2. The zero-order chi connectivity index (χ0) is 9.42. The highest BCUT2D eigenvalue weighted by Gasteiger charge is 2.34. The first-order chi connectivity index (χ1) is 6.25. The summed E-state index contributed by atoms with van der Waals surface area (Å²) in [5.74, 6) is -1.11. The Morgan fingerprint density at radius 2 is 1.54 bits per heavy atom. The molecule has 13 heavy (non-hydrogen) atoms. The van der Waals surface area contributed by atoms with Gasteiger partial charge in [0.2, 0.25) is 0 Å². The van der Waals surface area contributed by atoms with Crippen molar-refractivity contribution in [3.63, 3.8) is 0 Å². The minimum Gasteiger partial charge on any atom is -0.268 e. The minimum atomic E-state index is -1.06. The lowest BCUT2D eigenvalue weighted by Gasteiger charge is -2.05.